The zero-order valence-corrected chi connectivity index (χ0v) is 15.3. The summed E-state index contributed by atoms with van der Waals surface area (Å²) in [5, 5.41) is 15.1. The summed E-state index contributed by atoms with van der Waals surface area (Å²) in [7, 11) is 0. The van der Waals surface area contributed by atoms with E-state index in [0.717, 1.165) is 17.6 Å². The predicted octanol–water partition coefficient (Wildman–Crippen LogP) is 3.44. The highest BCUT2D eigenvalue weighted by atomic mass is 79.9. The second-order valence-electron chi connectivity index (χ2n) is 5.55. The zero-order valence-electron chi connectivity index (χ0n) is 12.9. The summed E-state index contributed by atoms with van der Waals surface area (Å²) in [6, 6.07) is 8.61. The number of carboxylic acids is 2. The molecule has 5 nitrogen and oxygen atoms in total. The Balaban J connectivity index is 0.000000379. The van der Waals surface area contributed by atoms with Crippen LogP contribution >= 0.6 is 27.5 Å². The van der Waals surface area contributed by atoms with Crippen molar-refractivity contribution in [3.8, 4) is 0 Å². The highest BCUT2D eigenvalue weighted by Crippen LogP contribution is 2.24. The maximum atomic E-state index is 9.10. The van der Waals surface area contributed by atoms with Crippen LogP contribution < -0.4 is 0 Å². The number of nitrogens with zero attached hydrogens (tertiary/aromatic N) is 1. The van der Waals surface area contributed by atoms with E-state index < -0.39 is 11.9 Å². The van der Waals surface area contributed by atoms with Gasteiger partial charge >= 0.3 is 11.9 Å². The van der Waals surface area contributed by atoms with Crippen molar-refractivity contribution in [1.82, 2.24) is 4.90 Å². The molecule has 23 heavy (non-hydrogen) atoms. The maximum absolute atomic E-state index is 9.10. The first-order valence-corrected chi connectivity index (χ1v) is 8.59. The molecule has 2 rings (SSSR count). The lowest BCUT2D eigenvalue weighted by Gasteiger charge is -2.34. The van der Waals surface area contributed by atoms with Crippen molar-refractivity contribution in [2.24, 2.45) is 5.92 Å². The molecule has 0 aromatic heterocycles. The molecule has 128 valence electrons. The van der Waals surface area contributed by atoms with Gasteiger partial charge in [-0.15, -0.1) is 11.6 Å². The Labute approximate surface area is 149 Å². The molecule has 1 aromatic rings. The third-order valence-corrected chi connectivity index (χ3v) is 4.58. The summed E-state index contributed by atoms with van der Waals surface area (Å²) in [4.78, 5) is 20.7. The van der Waals surface area contributed by atoms with Crippen molar-refractivity contribution in [1.29, 1.82) is 0 Å². The van der Waals surface area contributed by atoms with Gasteiger partial charge in [-0.05, 0) is 49.9 Å². The molecule has 0 amide bonds. The molecule has 7 heteroatoms. The molecule has 0 radical (unpaired) electrons. The number of aliphatic carboxylic acids is 2. The van der Waals surface area contributed by atoms with Crippen LogP contribution in [0, 0.1) is 5.92 Å². The van der Waals surface area contributed by atoms with Gasteiger partial charge in [-0.2, -0.15) is 0 Å². The number of halogens is 2. The van der Waals surface area contributed by atoms with E-state index in [1.54, 1.807) is 0 Å². The van der Waals surface area contributed by atoms with Gasteiger partial charge in [0.05, 0.1) is 0 Å². The summed E-state index contributed by atoms with van der Waals surface area (Å²) in [5.74, 6) is -2.99. The number of piperidine rings is 1. The predicted molar refractivity (Wildman–Crippen MR) is 92.7 cm³/mol. The molecule has 2 atom stereocenters. The van der Waals surface area contributed by atoms with Gasteiger partial charge in [0.25, 0.3) is 0 Å². The molecule has 1 heterocycles. The number of carbonyl (C=O) groups is 2. The van der Waals surface area contributed by atoms with Gasteiger partial charge in [-0.25, -0.2) is 9.59 Å². The number of rotatable bonds is 3. The minimum atomic E-state index is -1.82. The average Bonchev–Trinajstić information content (AvgIpc) is 2.50. The quantitative estimate of drug-likeness (QED) is 0.594. The molecule has 1 aliphatic heterocycles. The first kappa shape index (κ1) is 19.9. The number of hydrogen-bond acceptors (Lipinski definition) is 3. The SMILES string of the molecule is C[C@@H](Cl)C1CCCN(Cc2ccc(Br)cc2)C1.O=C(O)C(=O)O. The summed E-state index contributed by atoms with van der Waals surface area (Å²) in [6.07, 6.45) is 2.56. The van der Waals surface area contributed by atoms with Gasteiger partial charge < -0.3 is 10.2 Å². The van der Waals surface area contributed by atoms with Gasteiger partial charge in [-0.3, -0.25) is 4.90 Å². The monoisotopic (exact) mass is 405 g/mol. The van der Waals surface area contributed by atoms with Crippen molar-refractivity contribution in [2.75, 3.05) is 13.1 Å². The van der Waals surface area contributed by atoms with Crippen molar-refractivity contribution in [2.45, 2.75) is 31.7 Å². The van der Waals surface area contributed by atoms with Gasteiger partial charge in [0.15, 0.2) is 0 Å². The van der Waals surface area contributed by atoms with Crippen LogP contribution in [0.4, 0.5) is 0 Å². The first-order valence-electron chi connectivity index (χ1n) is 7.36. The van der Waals surface area contributed by atoms with Gasteiger partial charge in [0.1, 0.15) is 0 Å². The molecule has 0 saturated carbocycles. The molecule has 1 aliphatic rings. The van der Waals surface area contributed by atoms with Gasteiger partial charge in [-0.1, -0.05) is 28.1 Å². The van der Waals surface area contributed by atoms with Crippen LogP contribution in [-0.4, -0.2) is 45.5 Å². The third-order valence-electron chi connectivity index (χ3n) is 3.69. The molecular formula is C16H21BrClNO4. The Kier molecular flexibility index (Phi) is 8.58. The van der Waals surface area contributed by atoms with E-state index in [9.17, 15) is 0 Å². The summed E-state index contributed by atoms with van der Waals surface area (Å²) >= 11 is 9.68. The number of benzene rings is 1. The first-order chi connectivity index (χ1) is 10.8. The van der Waals surface area contributed by atoms with E-state index in [1.807, 2.05) is 0 Å². The van der Waals surface area contributed by atoms with E-state index in [1.165, 1.54) is 24.9 Å². The highest BCUT2D eigenvalue weighted by Gasteiger charge is 2.23. The van der Waals surface area contributed by atoms with Crippen LogP contribution in [0.25, 0.3) is 0 Å². The minimum absolute atomic E-state index is 0.294. The van der Waals surface area contributed by atoms with Crippen molar-refractivity contribution >= 4 is 39.5 Å². The van der Waals surface area contributed by atoms with Gasteiger partial charge in [0, 0.05) is 22.9 Å². The summed E-state index contributed by atoms with van der Waals surface area (Å²) in [6.45, 7) is 5.51. The molecule has 0 spiro atoms. The van der Waals surface area contributed by atoms with Crippen LogP contribution in [0.3, 0.4) is 0 Å². The van der Waals surface area contributed by atoms with Crippen molar-refractivity contribution in [3.63, 3.8) is 0 Å². The number of carboxylic acid groups (broad SMARTS) is 2. The topological polar surface area (TPSA) is 77.8 Å². The lowest BCUT2D eigenvalue weighted by molar-refractivity contribution is -0.159. The molecule has 0 bridgehead atoms. The number of likely N-dealkylation sites (tertiary alicyclic amines) is 1. The Morgan fingerprint density at radius 1 is 1.30 bits per heavy atom. The fraction of sp³-hybridized carbons (Fsp3) is 0.500. The number of hydrogen-bond donors (Lipinski definition) is 2. The minimum Gasteiger partial charge on any atom is -0.473 e. The maximum Gasteiger partial charge on any atom is 0.414 e. The fourth-order valence-corrected chi connectivity index (χ4v) is 2.93. The largest absolute Gasteiger partial charge is 0.473 e. The standard InChI is InChI=1S/C14H19BrClN.C2H2O4/c1-11(16)13-3-2-8-17(10-13)9-12-4-6-14(15)7-5-12;3-1(4)2(5)6/h4-7,11,13H,2-3,8-10H2,1H3;(H,3,4)(H,5,6)/t11-,13?;/m1./s1. The van der Waals surface area contributed by atoms with Crippen LogP contribution in [0.2, 0.25) is 0 Å². The van der Waals surface area contributed by atoms with Crippen molar-refractivity contribution < 1.29 is 19.8 Å². The summed E-state index contributed by atoms with van der Waals surface area (Å²) < 4.78 is 1.15. The lowest BCUT2D eigenvalue weighted by atomic mass is 9.95. The Morgan fingerprint density at radius 3 is 2.35 bits per heavy atom. The average molecular weight is 407 g/mol. The summed E-state index contributed by atoms with van der Waals surface area (Å²) in [5.41, 5.74) is 1.39. The molecule has 1 saturated heterocycles. The van der Waals surface area contributed by atoms with Crippen LogP contribution in [0.15, 0.2) is 28.7 Å². The molecule has 1 unspecified atom stereocenters. The van der Waals surface area contributed by atoms with Crippen LogP contribution in [0.1, 0.15) is 25.3 Å². The second kappa shape index (κ2) is 9.90. The lowest BCUT2D eigenvalue weighted by Crippen LogP contribution is -2.37. The second-order valence-corrected chi connectivity index (χ2v) is 7.16. The Hall–Kier alpha value is -1.11. The van der Waals surface area contributed by atoms with E-state index >= 15 is 0 Å². The number of alkyl halides is 1. The van der Waals surface area contributed by atoms with Crippen molar-refractivity contribution in [3.05, 3.63) is 34.3 Å². The van der Waals surface area contributed by atoms with E-state index in [2.05, 4.69) is 52.0 Å². The van der Waals surface area contributed by atoms with E-state index in [-0.39, 0.29) is 0 Å². The molecule has 1 aromatic carbocycles. The van der Waals surface area contributed by atoms with Crippen LogP contribution in [-0.2, 0) is 16.1 Å². The molecular weight excluding hydrogens is 386 g/mol. The zero-order chi connectivity index (χ0) is 17.4. The smallest absolute Gasteiger partial charge is 0.414 e. The van der Waals surface area contributed by atoms with E-state index in [0.29, 0.717) is 11.3 Å². The van der Waals surface area contributed by atoms with Crippen LogP contribution in [0.5, 0.6) is 0 Å². The van der Waals surface area contributed by atoms with Gasteiger partial charge in [0.2, 0.25) is 0 Å². The van der Waals surface area contributed by atoms with E-state index in [4.69, 9.17) is 31.4 Å². The molecule has 0 aliphatic carbocycles. The molecule has 1 fully saturated rings. The molecule has 2 N–H and O–H groups in total. The fourth-order valence-electron chi connectivity index (χ4n) is 2.46. The Morgan fingerprint density at radius 2 is 1.87 bits per heavy atom. The highest BCUT2D eigenvalue weighted by molar-refractivity contribution is 9.10. The normalized spacial score (nSPS) is 19.3. The Bertz CT molecular complexity index is 509. The third kappa shape index (κ3) is 7.81.